The van der Waals surface area contributed by atoms with Crippen molar-refractivity contribution in [2.24, 2.45) is 5.92 Å². The molecule has 1 atom stereocenters. The number of amides is 1. The van der Waals surface area contributed by atoms with Crippen LogP contribution in [0.1, 0.15) is 105 Å². The van der Waals surface area contributed by atoms with Crippen molar-refractivity contribution < 1.29 is 35.8 Å². The molecule has 132 valence electrons. The molecule has 1 aliphatic rings. The molecule has 23 heavy (non-hydrogen) atoms. The molecule has 1 fully saturated rings. The van der Waals surface area contributed by atoms with Gasteiger partial charge >= 0.3 is 29.6 Å². The molecule has 0 aromatic carbocycles. The maximum atomic E-state index is 12.4. The molecule has 0 saturated carbocycles. The molecule has 0 radical (unpaired) electrons. The van der Waals surface area contributed by atoms with Gasteiger partial charge in [-0.05, 0) is 19.3 Å². The van der Waals surface area contributed by atoms with Gasteiger partial charge in [-0.2, -0.15) is 0 Å². The Balaban J connectivity index is 0. The molecule has 0 aromatic rings. The molecule has 3 heteroatoms. The second-order valence-electron chi connectivity index (χ2n) is 7.14. The van der Waals surface area contributed by atoms with Gasteiger partial charge in [-0.1, -0.05) is 84.5 Å². The van der Waals surface area contributed by atoms with Crippen LogP contribution in [0.5, 0.6) is 0 Å². The van der Waals surface area contributed by atoms with E-state index < -0.39 is 0 Å². The topological polar surface area (TPSA) is 20.3 Å². The van der Waals surface area contributed by atoms with Gasteiger partial charge in [0.15, 0.2) is 0 Å². The largest absolute Gasteiger partial charge is 1.00 e. The molecule has 1 aliphatic heterocycles. The van der Waals surface area contributed by atoms with E-state index in [2.05, 4.69) is 18.7 Å². The van der Waals surface area contributed by atoms with E-state index in [-0.39, 0.29) is 31.0 Å². The van der Waals surface area contributed by atoms with E-state index in [0.717, 1.165) is 25.9 Å². The monoisotopic (exact) mass is 333 g/mol. The Kier molecular flexibility index (Phi) is 16.3. The van der Waals surface area contributed by atoms with Crippen molar-refractivity contribution in [3.8, 4) is 0 Å². The quantitative estimate of drug-likeness (QED) is 0.353. The molecule has 1 rings (SSSR count). The van der Waals surface area contributed by atoms with Gasteiger partial charge in [-0.25, -0.2) is 0 Å². The molecule has 0 aromatic heterocycles. The van der Waals surface area contributed by atoms with Crippen LogP contribution in [-0.2, 0) is 4.79 Å². The van der Waals surface area contributed by atoms with E-state index >= 15 is 0 Å². The zero-order valence-electron chi connectivity index (χ0n) is 17.2. The Bertz CT molecular complexity index is 263. The molecule has 2 nitrogen and oxygen atoms in total. The summed E-state index contributed by atoms with van der Waals surface area (Å²) in [6.07, 6.45) is 18.1. The van der Waals surface area contributed by atoms with E-state index in [4.69, 9.17) is 0 Å². The minimum atomic E-state index is 0. The van der Waals surface area contributed by atoms with Crippen LogP contribution in [0.25, 0.3) is 0 Å². The standard InChI is InChI=1S/C20H39NO.Na.H/c1-3-5-7-9-11-13-15-19-16-18-21(20(19)22)17-14-12-10-8-6-4-2;;/h19H,3-18H2,1-2H3;;/q;+1;-1. The zero-order chi connectivity index (χ0) is 16.0. The first kappa shape index (κ1) is 23.5. The maximum absolute atomic E-state index is 12.4. The molecular weight excluding hydrogens is 293 g/mol. The van der Waals surface area contributed by atoms with Gasteiger partial charge in [0.1, 0.15) is 0 Å². The molecule has 0 N–H and O–H groups in total. The number of carbonyl (C=O) groups excluding carboxylic acids is 1. The summed E-state index contributed by atoms with van der Waals surface area (Å²) >= 11 is 0. The first-order chi connectivity index (χ1) is 10.8. The minimum Gasteiger partial charge on any atom is -1.00 e. The second-order valence-corrected chi connectivity index (χ2v) is 7.14. The normalized spacial score (nSPS) is 17.6. The molecule has 0 spiro atoms. The molecular formula is C20H40NNaO. The minimum absolute atomic E-state index is 0. The fourth-order valence-electron chi connectivity index (χ4n) is 3.55. The van der Waals surface area contributed by atoms with E-state index in [0.29, 0.717) is 11.8 Å². The van der Waals surface area contributed by atoms with Crippen LogP contribution in [0.4, 0.5) is 0 Å². The molecule has 1 unspecified atom stereocenters. The van der Waals surface area contributed by atoms with Gasteiger partial charge in [0.2, 0.25) is 5.91 Å². The molecule has 0 aliphatic carbocycles. The van der Waals surface area contributed by atoms with E-state index in [9.17, 15) is 4.79 Å². The summed E-state index contributed by atoms with van der Waals surface area (Å²) in [4.78, 5) is 14.5. The number of rotatable bonds is 14. The Hall–Kier alpha value is 0.470. The number of likely N-dealkylation sites (tertiary alicyclic amines) is 1. The van der Waals surface area contributed by atoms with Gasteiger partial charge in [0.05, 0.1) is 0 Å². The van der Waals surface area contributed by atoms with Gasteiger partial charge < -0.3 is 6.33 Å². The van der Waals surface area contributed by atoms with Gasteiger partial charge in [0.25, 0.3) is 0 Å². The van der Waals surface area contributed by atoms with Crippen molar-refractivity contribution in [1.82, 2.24) is 4.90 Å². The summed E-state index contributed by atoms with van der Waals surface area (Å²) in [6.45, 7) is 6.55. The SMILES string of the molecule is CCCCCCCCC1CCN(CCCCCCCC)C1=O.[H-].[Na+]. The van der Waals surface area contributed by atoms with Crippen LogP contribution >= 0.6 is 0 Å². The summed E-state index contributed by atoms with van der Waals surface area (Å²) in [5.74, 6) is 0.813. The Morgan fingerprint density at radius 1 is 0.870 bits per heavy atom. The van der Waals surface area contributed by atoms with Crippen molar-refractivity contribution in [1.29, 1.82) is 0 Å². The van der Waals surface area contributed by atoms with Crippen molar-refractivity contribution in [2.75, 3.05) is 13.1 Å². The van der Waals surface area contributed by atoms with Crippen LogP contribution in [0.2, 0.25) is 0 Å². The molecule has 1 saturated heterocycles. The average Bonchev–Trinajstić information content (AvgIpc) is 2.87. The van der Waals surface area contributed by atoms with E-state index in [1.165, 1.54) is 77.0 Å². The van der Waals surface area contributed by atoms with Gasteiger partial charge in [0, 0.05) is 19.0 Å². The second kappa shape index (κ2) is 16.0. The Morgan fingerprint density at radius 2 is 1.39 bits per heavy atom. The van der Waals surface area contributed by atoms with Crippen molar-refractivity contribution in [3.63, 3.8) is 0 Å². The smallest absolute Gasteiger partial charge is 1.00 e. The number of hydrogen-bond donors (Lipinski definition) is 0. The van der Waals surface area contributed by atoms with E-state index in [1.807, 2.05) is 0 Å². The van der Waals surface area contributed by atoms with Crippen molar-refractivity contribution in [3.05, 3.63) is 0 Å². The summed E-state index contributed by atoms with van der Waals surface area (Å²) in [6, 6.07) is 0. The number of carbonyl (C=O) groups is 1. The van der Waals surface area contributed by atoms with Gasteiger partial charge in [-0.15, -0.1) is 0 Å². The Labute approximate surface area is 168 Å². The van der Waals surface area contributed by atoms with E-state index in [1.54, 1.807) is 0 Å². The first-order valence-electron chi connectivity index (χ1n) is 10.1. The van der Waals surface area contributed by atoms with Crippen LogP contribution in [0.15, 0.2) is 0 Å². The van der Waals surface area contributed by atoms with Crippen LogP contribution < -0.4 is 29.6 Å². The number of nitrogens with zero attached hydrogens (tertiary/aromatic N) is 1. The fraction of sp³-hybridized carbons (Fsp3) is 0.950. The summed E-state index contributed by atoms with van der Waals surface area (Å²) in [5.41, 5.74) is 0. The van der Waals surface area contributed by atoms with Crippen LogP contribution in [0.3, 0.4) is 0 Å². The fourth-order valence-corrected chi connectivity index (χ4v) is 3.55. The third kappa shape index (κ3) is 10.8. The summed E-state index contributed by atoms with van der Waals surface area (Å²) in [5, 5.41) is 0. The maximum Gasteiger partial charge on any atom is 1.00 e. The van der Waals surface area contributed by atoms with Crippen molar-refractivity contribution >= 4 is 5.91 Å². The van der Waals surface area contributed by atoms with Crippen molar-refractivity contribution in [2.45, 2.75) is 104 Å². The van der Waals surface area contributed by atoms with Gasteiger partial charge in [-0.3, -0.25) is 4.79 Å². The number of hydrogen-bond acceptors (Lipinski definition) is 1. The molecule has 0 bridgehead atoms. The predicted octanol–water partition coefficient (Wildman–Crippen LogP) is 3.06. The summed E-state index contributed by atoms with van der Waals surface area (Å²) < 4.78 is 0. The van der Waals surface area contributed by atoms with Crippen LogP contribution in [-0.4, -0.2) is 23.9 Å². The predicted molar refractivity (Wildman–Crippen MR) is 97.2 cm³/mol. The first-order valence-corrected chi connectivity index (χ1v) is 10.1. The van der Waals surface area contributed by atoms with Crippen LogP contribution in [0, 0.1) is 5.92 Å². The zero-order valence-corrected chi connectivity index (χ0v) is 18.2. The summed E-state index contributed by atoms with van der Waals surface area (Å²) in [7, 11) is 0. The Morgan fingerprint density at radius 3 is 2.00 bits per heavy atom. The average molecular weight is 334 g/mol. The molecule has 1 amide bonds. The third-order valence-corrected chi connectivity index (χ3v) is 5.10. The third-order valence-electron chi connectivity index (χ3n) is 5.10. The molecule has 1 heterocycles. The number of unbranched alkanes of at least 4 members (excludes halogenated alkanes) is 10.